The fourth-order valence-electron chi connectivity index (χ4n) is 0.979. The van der Waals surface area contributed by atoms with E-state index in [0.29, 0.717) is 13.1 Å². The van der Waals surface area contributed by atoms with E-state index in [1.165, 1.54) is 0 Å². The molecule has 4 nitrogen and oxygen atoms in total. The van der Waals surface area contributed by atoms with Crippen molar-refractivity contribution in [1.82, 2.24) is 4.90 Å². The van der Waals surface area contributed by atoms with E-state index in [1.807, 2.05) is 4.90 Å². The van der Waals surface area contributed by atoms with Crippen LogP contribution in [0.1, 0.15) is 0 Å². The molecule has 1 heterocycles. The summed E-state index contributed by atoms with van der Waals surface area (Å²) in [5, 5.41) is 8.89. The molecule has 0 radical (unpaired) electrons. The van der Waals surface area contributed by atoms with Gasteiger partial charge in [0, 0.05) is 13.1 Å². The van der Waals surface area contributed by atoms with Crippen LogP contribution in [0.4, 0.5) is 0 Å². The van der Waals surface area contributed by atoms with Crippen molar-refractivity contribution >= 4 is 0 Å². The van der Waals surface area contributed by atoms with Gasteiger partial charge in [-0.05, 0) is 0 Å². The topological polar surface area (TPSA) is 62.0 Å². The molecule has 1 rings (SSSR count). The van der Waals surface area contributed by atoms with Gasteiger partial charge in [-0.25, -0.2) is 0 Å². The summed E-state index contributed by atoms with van der Waals surface area (Å²) in [6, 6.07) is 0. The van der Waals surface area contributed by atoms with Gasteiger partial charge in [-0.1, -0.05) is 6.58 Å². The predicted molar refractivity (Wildman–Crippen MR) is 42.1 cm³/mol. The average Bonchev–Trinajstić information content (AvgIpc) is 2.66. The van der Waals surface area contributed by atoms with Crippen LogP contribution in [0.15, 0.2) is 12.3 Å². The summed E-state index contributed by atoms with van der Waals surface area (Å²) in [6.07, 6.45) is 0.155. The monoisotopic (exact) mass is 158 g/mol. The highest BCUT2D eigenvalue weighted by molar-refractivity contribution is 4.87. The summed E-state index contributed by atoms with van der Waals surface area (Å²) in [4.78, 5) is 1.96. The Labute approximate surface area is 66.2 Å². The van der Waals surface area contributed by atoms with E-state index in [4.69, 9.17) is 15.6 Å². The number of hydrogen-bond acceptors (Lipinski definition) is 4. The zero-order valence-electron chi connectivity index (χ0n) is 6.49. The number of aliphatic hydroxyl groups is 1. The van der Waals surface area contributed by atoms with Gasteiger partial charge < -0.3 is 15.6 Å². The molecule has 1 fully saturated rings. The van der Waals surface area contributed by atoms with Gasteiger partial charge in [0.1, 0.15) is 6.23 Å². The Morgan fingerprint density at radius 2 is 2.45 bits per heavy atom. The highest BCUT2D eigenvalue weighted by atomic mass is 16.6. The van der Waals surface area contributed by atoms with Crippen LogP contribution in [0.3, 0.4) is 0 Å². The molecule has 3 N–H and O–H groups in total. The first-order valence-corrected chi connectivity index (χ1v) is 3.66. The zero-order chi connectivity index (χ0) is 8.27. The number of nitrogens with two attached hydrogens (primary N) is 1. The van der Waals surface area contributed by atoms with Crippen molar-refractivity contribution < 1.29 is 9.84 Å². The molecule has 1 saturated heterocycles. The third kappa shape index (κ3) is 2.88. The molecule has 0 spiro atoms. The number of nitrogens with zero attached hydrogens (tertiary/aromatic N) is 1. The largest absolute Gasteiger partial charge is 0.512 e. The summed E-state index contributed by atoms with van der Waals surface area (Å²) in [5.41, 5.74) is 5.36. The lowest BCUT2D eigenvalue weighted by molar-refractivity contribution is 0.173. The molecule has 1 atom stereocenters. The van der Waals surface area contributed by atoms with Gasteiger partial charge in [-0.15, -0.1) is 0 Å². The number of rotatable bonds is 5. The van der Waals surface area contributed by atoms with Crippen LogP contribution in [-0.2, 0) is 4.74 Å². The van der Waals surface area contributed by atoms with Crippen molar-refractivity contribution in [1.29, 1.82) is 0 Å². The maximum Gasteiger partial charge on any atom is 0.134 e. The van der Waals surface area contributed by atoms with Crippen molar-refractivity contribution in [2.24, 2.45) is 5.73 Å². The van der Waals surface area contributed by atoms with Gasteiger partial charge in [0.25, 0.3) is 0 Å². The van der Waals surface area contributed by atoms with Crippen molar-refractivity contribution in [2.45, 2.75) is 6.23 Å². The Bertz CT molecular complexity index is 145. The van der Waals surface area contributed by atoms with Crippen LogP contribution in [0, 0.1) is 0 Å². The molecular weight excluding hydrogens is 144 g/mol. The number of ether oxygens (including phenoxy) is 1. The predicted octanol–water partition coefficient (Wildman–Crippen LogP) is -0.325. The van der Waals surface area contributed by atoms with Crippen molar-refractivity contribution in [3.8, 4) is 0 Å². The molecule has 0 aromatic carbocycles. The Hall–Kier alpha value is -0.580. The molecule has 0 bridgehead atoms. The number of hydrogen-bond donors (Lipinski definition) is 2. The minimum absolute atomic E-state index is 0.155. The molecule has 4 heteroatoms. The first-order chi connectivity index (χ1) is 5.24. The third-order valence-corrected chi connectivity index (χ3v) is 1.52. The summed E-state index contributed by atoms with van der Waals surface area (Å²) < 4.78 is 5.04. The third-order valence-electron chi connectivity index (χ3n) is 1.52. The second-order valence-electron chi connectivity index (χ2n) is 2.61. The van der Waals surface area contributed by atoms with Gasteiger partial charge in [0.05, 0.1) is 18.9 Å². The zero-order valence-corrected chi connectivity index (χ0v) is 6.49. The van der Waals surface area contributed by atoms with Gasteiger partial charge in [0.15, 0.2) is 0 Å². The molecule has 0 saturated carbocycles. The molecule has 0 aromatic rings. The van der Waals surface area contributed by atoms with E-state index in [0.717, 1.165) is 13.2 Å². The summed E-state index contributed by atoms with van der Waals surface area (Å²) in [6.45, 7) is 5.93. The average molecular weight is 158 g/mol. The van der Waals surface area contributed by atoms with Gasteiger partial charge in [-0.2, -0.15) is 0 Å². The lowest BCUT2D eigenvalue weighted by Gasteiger charge is -2.17. The Balaban J connectivity index is 2.26. The quantitative estimate of drug-likeness (QED) is 0.425. The van der Waals surface area contributed by atoms with Crippen LogP contribution in [0.5, 0.6) is 0 Å². The molecular formula is C7H14N2O2. The van der Waals surface area contributed by atoms with E-state index in [1.54, 1.807) is 0 Å². The van der Waals surface area contributed by atoms with Crippen LogP contribution >= 0.6 is 0 Å². The summed E-state index contributed by atoms with van der Waals surface area (Å²) >= 11 is 0. The van der Waals surface area contributed by atoms with Crippen molar-refractivity contribution in [3.63, 3.8) is 0 Å². The first-order valence-electron chi connectivity index (χ1n) is 3.66. The highest BCUT2D eigenvalue weighted by Gasteiger charge is 2.29. The van der Waals surface area contributed by atoms with Gasteiger partial charge in [-0.3, -0.25) is 4.90 Å². The Morgan fingerprint density at radius 1 is 1.82 bits per heavy atom. The molecule has 1 aliphatic heterocycles. The maximum absolute atomic E-state index is 8.89. The molecule has 0 amide bonds. The summed E-state index contributed by atoms with van der Waals surface area (Å²) in [5.74, 6) is 0.161. The molecule has 0 aliphatic carbocycles. The summed E-state index contributed by atoms with van der Waals surface area (Å²) in [7, 11) is 0. The van der Waals surface area contributed by atoms with Crippen molar-refractivity contribution in [3.05, 3.63) is 12.3 Å². The lowest BCUT2D eigenvalue weighted by Crippen LogP contribution is -2.33. The van der Waals surface area contributed by atoms with Crippen LogP contribution < -0.4 is 5.73 Å². The molecule has 1 unspecified atom stereocenters. The maximum atomic E-state index is 8.89. The standard InChI is InChI=1S/C7H14N2O2/c1-6(10)4-9(3-2-8)7-5-11-7/h7,10H,1-5,8H2. The fourth-order valence-corrected chi connectivity index (χ4v) is 0.979. The van der Waals surface area contributed by atoms with Crippen LogP contribution in [0.2, 0.25) is 0 Å². The van der Waals surface area contributed by atoms with E-state index >= 15 is 0 Å². The minimum atomic E-state index is 0.155. The lowest BCUT2D eigenvalue weighted by atomic mass is 10.4. The van der Waals surface area contributed by atoms with Crippen molar-refractivity contribution in [2.75, 3.05) is 26.2 Å². The SMILES string of the molecule is C=C(O)CN(CCN)C1CO1. The Morgan fingerprint density at radius 3 is 2.82 bits per heavy atom. The molecule has 1 aliphatic rings. The van der Waals surface area contributed by atoms with E-state index in [2.05, 4.69) is 6.58 Å². The fraction of sp³-hybridized carbons (Fsp3) is 0.714. The van der Waals surface area contributed by atoms with Crippen LogP contribution in [-0.4, -0.2) is 42.5 Å². The Kier molecular flexibility index (Phi) is 2.87. The van der Waals surface area contributed by atoms with Crippen LogP contribution in [0.25, 0.3) is 0 Å². The minimum Gasteiger partial charge on any atom is -0.512 e. The number of epoxide rings is 1. The number of aliphatic hydroxyl groups excluding tert-OH is 1. The second kappa shape index (κ2) is 3.71. The second-order valence-corrected chi connectivity index (χ2v) is 2.61. The van der Waals surface area contributed by atoms with Gasteiger partial charge in [0.2, 0.25) is 0 Å². The first kappa shape index (κ1) is 8.52. The molecule has 0 aromatic heterocycles. The normalized spacial score (nSPS) is 22.2. The highest BCUT2D eigenvalue weighted by Crippen LogP contribution is 2.14. The smallest absolute Gasteiger partial charge is 0.134 e. The van der Waals surface area contributed by atoms with Gasteiger partial charge >= 0.3 is 0 Å². The van der Waals surface area contributed by atoms with E-state index in [9.17, 15) is 0 Å². The van der Waals surface area contributed by atoms with E-state index < -0.39 is 0 Å². The molecule has 64 valence electrons. The van der Waals surface area contributed by atoms with E-state index in [-0.39, 0.29) is 12.0 Å². The molecule has 11 heavy (non-hydrogen) atoms.